The fourth-order valence-corrected chi connectivity index (χ4v) is 3.90. The van der Waals surface area contributed by atoms with E-state index < -0.39 is 0 Å². The van der Waals surface area contributed by atoms with Crippen LogP contribution in [0.15, 0.2) is 0 Å². The van der Waals surface area contributed by atoms with Gasteiger partial charge in [0.25, 0.3) is 0 Å². The minimum absolute atomic E-state index is 0.0120. The molecule has 0 aliphatic carbocycles. The Bertz CT molecular complexity index is 178. The number of hydrogen-bond acceptors (Lipinski definition) is 2. The van der Waals surface area contributed by atoms with Crippen LogP contribution in [0, 0.1) is 5.41 Å². The molecule has 0 aliphatic rings. The monoisotopic (exact) mass is 256 g/mol. The Kier molecular flexibility index (Phi) is 8.89. The van der Waals surface area contributed by atoms with Crippen LogP contribution in [0.25, 0.3) is 0 Å². The van der Waals surface area contributed by atoms with Gasteiger partial charge < -0.3 is 11.5 Å². The zero-order chi connectivity index (χ0) is 14.1. The first-order valence-corrected chi connectivity index (χ1v) is 8.04. The van der Waals surface area contributed by atoms with E-state index >= 15 is 0 Å². The molecule has 2 nitrogen and oxygen atoms in total. The van der Waals surface area contributed by atoms with E-state index in [2.05, 4.69) is 27.7 Å². The van der Waals surface area contributed by atoms with Crippen molar-refractivity contribution in [1.29, 1.82) is 0 Å². The first-order valence-electron chi connectivity index (χ1n) is 8.04. The summed E-state index contributed by atoms with van der Waals surface area (Å²) < 4.78 is 0. The Labute approximate surface area is 115 Å². The van der Waals surface area contributed by atoms with Crippen LogP contribution in [0.5, 0.6) is 0 Å². The van der Waals surface area contributed by atoms with Gasteiger partial charge in [0, 0.05) is 5.54 Å². The molecule has 0 amide bonds. The van der Waals surface area contributed by atoms with Crippen molar-refractivity contribution in [2.24, 2.45) is 16.9 Å². The fraction of sp³-hybridized carbons (Fsp3) is 1.00. The van der Waals surface area contributed by atoms with Gasteiger partial charge in [-0.2, -0.15) is 0 Å². The number of nitrogens with two attached hydrogens (primary N) is 2. The molecule has 0 atom stereocenters. The highest BCUT2D eigenvalue weighted by Gasteiger charge is 2.45. The predicted molar refractivity (Wildman–Crippen MR) is 82.7 cm³/mol. The van der Waals surface area contributed by atoms with E-state index in [1.54, 1.807) is 0 Å². The van der Waals surface area contributed by atoms with Crippen LogP contribution in [0.1, 0.15) is 85.5 Å². The first kappa shape index (κ1) is 17.9. The zero-order valence-corrected chi connectivity index (χ0v) is 13.2. The van der Waals surface area contributed by atoms with Crippen molar-refractivity contribution >= 4 is 0 Å². The van der Waals surface area contributed by atoms with E-state index in [9.17, 15) is 0 Å². The average Bonchev–Trinajstić information content (AvgIpc) is 2.30. The third-order valence-corrected chi connectivity index (χ3v) is 4.53. The molecule has 18 heavy (non-hydrogen) atoms. The number of rotatable bonds is 11. The second kappa shape index (κ2) is 8.92. The molecule has 0 fully saturated rings. The maximum absolute atomic E-state index is 6.90. The van der Waals surface area contributed by atoms with Gasteiger partial charge in [0.2, 0.25) is 0 Å². The molecule has 0 saturated carbocycles. The van der Waals surface area contributed by atoms with E-state index in [4.69, 9.17) is 11.5 Å². The maximum Gasteiger partial charge on any atom is 0.0211 e. The van der Waals surface area contributed by atoms with Gasteiger partial charge in [0.15, 0.2) is 0 Å². The van der Waals surface area contributed by atoms with Crippen LogP contribution in [-0.4, -0.2) is 12.1 Å². The molecular weight excluding hydrogens is 220 g/mol. The van der Waals surface area contributed by atoms with Gasteiger partial charge >= 0.3 is 0 Å². The highest BCUT2D eigenvalue weighted by atomic mass is 14.8. The second-order valence-corrected chi connectivity index (χ2v) is 5.98. The van der Waals surface area contributed by atoms with E-state index in [1.807, 2.05) is 0 Å². The highest BCUT2D eigenvalue weighted by Crippen LogP contribution is 2.46. The van der Waals surface area contributed by atoms with Gasteiger partial charge in [0.05, 0.1) is 0 Å². The van der Waals surface area contributed by atoms with Gasteiger partial charge in [-0.15, -0.1) is 0 Å². The second-order valence-electron chi connectivity index (χ2n) is 5.98. The van der Waals surface area contributed by atoms with Crippen LogP contribution >= 0.6 is 0 Å². The van der Waals surface area contributed by atoms with E-state index in [-0.39, 0.29) is 11.0 Å². The van der Waals surface area contributed by atoms with Gasteiger partial charge in [-0.1, -0.05) is 53.4 Å². The van der Waals surface area contributed by atoms with Crippen LogP contribution in [-0.2, 0) is 0 Å². The third-order valence-electron chi connectivity index (χ3n) is 4.53. The predicted octanol–water partition coefficient (Wildman–Crippen LogP) is 4.22. The Morgan fingerprint density at radius 2 is 1.06 bits per heavy atom. The molecule has 4 N–H and O–H groups in total. The molecule has 0 aromatic carbocycles. The SMILES string of the molecule is CCCC(N)(CCC)C(CCC)(CCC)CCN. The molecular formula is C16H36N2. The summed E-state index contributed by atoms with van der Waals surface area (Å²) in [6, 6.07) is 0. The summed E-state index contributed by atoms with van der Waals surface area (Å²) in [4.78, 5) is 0. The standard InChI is InChI=1S/C16H36N2/c1-5-9-15(10-6-2,13-14-17)16(18,11-7-3)12-8-4/h5-14,17-18H2,1-4H3. The quantitative estimate of drug-likeness (QED) is 0.581. The molecule has 0 heterocycles. The Morgan fingerprint density at radius 3 is 1.33 bits per heavy atom. The lowest BCUT2D eigenvalue weighted by atomic mass is 9.59. The van der Waals surface area contributed by atoms with E-state index in [0.29, 0.717) is 0 Å². The normalized spacial score (nSPS) is 13.0. The summed E-state index contributed by atoms with van der Waals surface area (Å²) in [6.45, 7) is 9.83. The number of hydrogen-bond donors (Lipinski definition) is 2. The minimum Gasteiger partial charge on any atom is -0.330 e. The Hall–Kier alpha value is -0.0800. The molecule has 0 aromatic rings. The van der Waals surface area contributed by atoms with Crippen molar-refractivity contribution in [3.05, 3.63) is 0 Å². The van der Waals surface area contributed by atoms with Gasteiger partial charge in [0.1, 0.15) is 0 Å². The van der Waals surface area contributed by atoms with Crippen molar-refractivity contribution < 1.29 is 0 Å². The molecule has 0 bridgehead atoms. The van der Waals surface area contributed by atoms with Crippen molar-refractivity contribution in [2.45, 2.75) is 91.0 Å². The van der Waals surface area contributed by atoms with E-state index in [0.717, 1.165) is 25.8 Å². The third kappa shape index (κ3) is 4.24. The Balaban J connectivity index is 5.26. The van der Waals surface area contributed by atoms with Gasteiger partial charge in [-0.3, -0.25) is 0 Å². The lowest BCUT2D eigenvalue weighted by Gasteiger charge is -2.50. The molecule has 0 radical (unpaired) electrons. The molecule has 0 rings (SSSR count). The van der Waals surface area contributed by atoms with Crippen molar-refractivity contribution in [2.75, 3.05) is 6.54 Å². The average molecular weight is 256 g/mol. The molecule has 0 aromatic heterocycles. The molecule has 0 aliphatic heterocycles. The largest absolute Gasteiger partial charge is 0.330 e. The lowest BCUT2D eigenvalue weighted by Crippen LogP contribution is -2.56. The van der Waals surface area contributed by atoms with Crippen LogP contribution < -0.4 is 11.5 Å². The summed E-state index contributed by atoms with van der Waals surface area (Å²) >= 11 is 0. The van der Waals surface area contributed by atoms with Crippen molar-refractivity contribution in [3.8, 4) is 0 Å². The highest BCUT2D eigenvalue weighted by molar-refractivity contribution is 5.01. The van der Waals surface area contributed by atoms with Gasteiger partial charge in [-0.05, 0) is 44.1 Å². The van der Waals surface area contributed by atoms with Crippen LogP contribution in [0.2, 0.25) is 0 Å². The molecule has 110 valence electrons. The summed E-state index contributed by atoms with van der Waals surface area (Å²) in [5.41, 5.74) is 13.1. The first-order chi connectivity index (χ1) is 8.55. The summed E-state index contributed by atoms with van der Waals surface area (Å²) in [7, 11) is 0. The lowest BCUT2D eigenvalue weighted by molar-refractivity contribution is 0.0639. The molecule has 0 unspecified atom stereocenters. The summed E-state index contributed by atoms with van der Waals surface area (Å²) in [5.74, 6) is 0. The molecule has 0 saturated heterocycles. The maximum atomic E-state index is 6.90. The minimum atomic E-state index is -0.0120. The van der Waals surface area contributed by atoms with Crippen LogP contribution in [0.4, 0.5) is 0 Å². The fourth-order valence-electron chi connectivity index (χ4n) is 3.90. The topological polar surface area (TPSA) is 52.0 Å². The van der Waals surface area contributed by atoms with Crippen LogP contribution in [0.3, 0.4) is 0 Å². The van der Waals surface area contributed by atoms with Crippen molar-refractivity contribution in [1.82, 2.24) is 0 Å². The summed E-state index contributed by atoms with van der Waals surface area (Å²) in [6.07, 6.45) is 10.6. The molecule has 0 spiro atoms. The van der Waals surface area contributed by atoms with Crippen molar-refractivity contribution in [3.63, 3.8) is 0 Å². The zero-order valence-electron chi connectivity index (χ0n) is 13.2. The van der Waals surface area contributed by atoms with E-state index in [1.165, 1.54) is 38.5 Å². The smallest absolute Gasteiger partial charge is 0.0211 e. The molecule has 2 heteroatoms. The van der Waals surface area contributed by atoms with Gasteiger partial charge in [-0.25, -0.2) is 0 Å². The Morgan fingerprint density at radius 1 is 0.667 bits per heavy atom. The summed E-state index contributed by atoms with van der Waals surface area (Å²) in [5, 5.41) is 0.